The maximum absolute atomic E-state index is 14.3. The van der Waals surface area contributed by atoms with E-state index in [0.29, 0.717) is 72.2 Å². The van der Waals surface area contributed by atoms with Crippen molar-refractivity contribution >= 4 is 33.8 Å². The van der Waals surface area contributed by atoms with Gasteiger partial charge in [0.15, 0.2) is 11.5 Å². The highest BCUT2D eigenvalue weighted by Gasteiger charge is 2.24. The summed E-state index contributed by atoms with van der Waals surface area (Å²) in [5.41, 5.74) is 4.34. The maximum Gasteiger partial charge on any atom is 0.278 e. The quantitative estimate of drug-likeness (QED) is 0.102. The molecule has 1 amide bonds. The molecular formula is C36H36FN9O3. The highest BCUT2D eigenvalue weighted by molar-refractivity contribution is 6.10. The molecule has 5 heterocycles. The lowest BCUT2D eigenvalue weighted by molar-refractivity contribution is 0.0737. The van der Waals surface area contributed by atoms with Crippen molar-refractivity contribution < 1.29 is 14.3 Å². The van der Waals surface area contributed by atoms with Gasteiger partial charge in [-0.25, -0.2) is 23.7 Å². The summed E-state index contributed by atoms with van der Waals surface area (Å²) in [5, 5.41) is 21.2. The molecule has 12 nitrogen and oxygen atoms in total. The first-order chi connectivity index (χ1) is 23.6. The Hall–Kier alpha value is -5.66. The van der Waals surface area contributed by atoms with Crippen LogP contribution in [0.4, 0.5) is 10.3 Å². The van der Waals surface area contributed by atoms with E-state index in [9.17, 15) is 19.1 Å². The minimum atomic E-state index is -1.17. The van der Waals surface area contributed by atoms with E-state index in [1.54, 1.807) is 42.8 Å². The normalized spacial score (nSPS) is 13.1. The summed E-state index contributed by atoms with van der Waals surface area (Å²) in [6.07, 6.45) is 3.78. The van der Waals surface area contributed by atoms with Crippen LogP contribution in [0.1, 0.15) is 41.0 Å². The van der Waals surface area contributed by atoms with Gasteiger partial charge in [-0.05, 0) is 61.2 Å². The maximum atomic E-state index is 14.3. The summed E-state index contributed by atoms with van der Waals surface area (Å²) < 4.78 is 17.4. The number of aromatic nitrogens is 6. The fourth-order valence-electron chi connectivity index (χ4n) is 6.24. The molecule has 1 aliphatic heterocycles. The van der Waals surface area contributed by atoms with Crippen molar-refractivity contribution in [3.8, 4) is 17.1 Å². The summed E-state index contributed by atoms with van der Waals surface area (Å²) in [7, 11) is 0. The van der Waals surface area contributed by atoms with Gasteiger partial charge in [-0.3, -0.25) is 9.59 Å². The van der Waals surface area contributed by atoms with E-state index in [1.165, 1.54) is 23.0 Å². The molecule has 0 spiro atoms. The molecule has 1 aliphatic rings. The molecule has 0 atom stereocenters. The van der Waals surface area contributed by atoms with Crippen molar-refractivity contribution in [2.75, 3.05) is 25.0 Å². The van der Waals surface area contributed by atoms with Gasteiger partial charge >= 0.3 is 0 Å². The van der Waals surface area contributed by atoms with E-state index in [4.69, 9.17) is 0 Å². The van der Waals surface area contributed by atoms with Crippen LogP contribution in [0.5, 0.6) is 0 Å². The number of carbonyl (C=O) groups is 1. The molecule has 6 aromatic rings. The average Bonchev–Trinajstić information content (AvgIpc) is 3.51. The topological polar surface area (TPSA) is 155 Å². The second kappa shape index (κ2) is 12.7. The minimum Gasteiger partial charge on any atom is -0.384 e. The summed E-state index contributed by atoms with van der Waals surface area (Å²) in [6.45, 7) is 9.59. The Kier molecular flexibility index (Phi) is 8.30. The molecule has 0 saturated carbocycles. The Morgan fingerprint density at radius 1 is 1.10 bits per heavy atom. The number of fused-ring (bicyclic) bond motifs is 1. The number of carbonyl (C=O) groups excluding carboxylic acids is 1. The molecular weight excluding hydrogens is 625 g/mol. The second-order valence-corrected chi connectivity index (χ2v) is 12.5. The molecule has 4 aromatic heterocycles. The van der Waals surface area contributed by atoms with Crippen LogP contribution < -0.4 is 21.5 Å². The lowest BCUT2D eigenvalue weighted by Crippen LogP contribution is -2.24. The Bertz CT molecular complexity index is 2280. The standard InChI is InChI=1S/C36H36FN9O3/c1-4-16-45-34(48)26-20-41-35(44-32(26)46(45)29-7-5-6-28(43-29)36(2,3)49)40-15-14-38-19-21-8-10-22(11-9-21)31-24-12-13-39-33(47)25-17-23(37)18-27(42-31)30(24)25/h4-11,17-18,20,38,42,49H,1,12-16,19H2,2-3H3,(H,39,47)(H,40,41,44). The van der Waals surface area contributed by atoms with Crippen LogP contribution in [0.25, 0.3) is 39.0 Å². The number of hydrogen-bond acceptors (Lipinski definition) is 8. The van der Waals surface area contributed by atoms with Crippen molar-refractivity contribution in [3.05, 3.63) is 112 Å². The fraction of sp³-hybridized carbons (Fsp3) is 0.250. The molecule has 0 bridgehead atoms. The number of allylic oxidation sites excluding steroid dienone is 1. The second-order valence-electron chi connectivity index (χ2n) is 12.5. The predicted molar refractivity (Wildman–Crippen MR) is 186 cm³/mol. The van der Waals surface area contributed by atoms with E-state index in [1.807, 2.05) is 24.3 Å². The lowest BCUT2D eigenvalue weighted by atomic mass is 9.99. The number of hydrogen-bond donors (Lipinski definition) is 5. The van der Waals surface area contributed by atoms with Crippen LogP contribution in [-0.2, 0) is 25.1 Å². The van der Waals surface area contributed by atoms with Crippen molar-refractivity contribution in [2.45, 2.75) is 39.0 Å². The molecule has 7 rings (SSSR count). The molecule has 49 heavy (non-hydrogen) atoms. The van der Waals surface area contributed by atoms with Crippen LogP contribution >= 0.6 is 0 Å². The Morgan fingerprint density at radius 3 is 2.69 bits per heavy atom. The highest BCUT2D eigenvalue weighted by Crippen LogP contribution is 2.35. The number of amides is 1. The summed E-state index contributed by atoms with van der Waals surface area (Å²) in [5.74, 6) is 0.0949. The van der Waals surface area contributed by atoms with Gasteiger partial charge in [0.05, 0.1) is 17.8 Å². The van der Waals surface area contributed by atoms with E-state index < -0.39 is 11.4 Å². The molecule has 0 radical (unpaired) electrons. The third-order valence-electron chi connectivity index (χ3n) is 8.58. The number of pyridine rings is 1. The van der Waals surface area contributed by atoms with Crippen molar-refractivity contribution in [1.29, 1.82) is 0 Å². The number of halogens is 1. The van der Waals surface area contributed by atoms with E-state index in [2.05, 4.69) is 42.5 Å². The monoisotopic (exact) mass is 661 g/mol. The molecule has 2 aromatic carbocycles. The zero-order chi connectivity index (χ0) is 34.3. The first-order valence-corrected chi connectivity index (χ1v) is 16.1. The largest absolute Gasteiger partial charge is 0.384 e. The van der Waals surface area contributed by atoms with Crippen molar-refractivity contribution in [2.24, 2.45) is 0 Å². The first kappa shape index (κ1) is 31.9. The van der Waals surface area contributed by atoms with Crippen LogP contribution in [0.15, 0.2) is 78.2 Å². The smallest absolute Gasteiger partial charge is 0.278 e. The number of rotatable bonds is 11. The van der Waals surface area contributed by atoms with Crippen LogP contribution in [0, 0.1) is 5.82 Å². The zero-order valence-corrected chi connectivity index (χ0v) is 27.2. The molecule has 0 fully saturated rings. The van der Waals surface area contributed by atoms with Crippen LogP contribution in [0.3, 0.4) is 0 Å². The molecule has 13 heteroatoms. The van der Waals surface area contributed by atoms with Gasteiger partial charge < -0.3 is 26.0 Å². The molecule has 0 aliphatic carbocycles. The number of benzene rings is 2. The number of nitrogens with zero attached hydrogens (tertiary/aromatic N) is 5. The number of anilines is 1. The summed E-state index contributed by atoms with van der Waals surface area (Å²) >= 11 is 0. The van der Waals surface area contributed by atoms with E-state index in [0.717, 1.165) is 27.8 Å². The van der Waals surface area contributed by atoms with Gasteiger partial charge in [-0.1, -0.05) is 36.4 Å². The minimum absolute atomic E-state index is 0.236. The van der Waals surface area contributed by atoms with Gasteiger partial charge in [-0.15, -0.1) is 6.58 Å². The average molecular weight is 662 g/mol. The number of nitrogens with one attached hydrogen (secondary N) is 4. The van der Waals surface area contributed by atoms with Gasteiger partial charge in [0.1, 0.15) is 16.8 Å². The van der Waals surface area contributed by atoms with E-state index in [-0.39, 0.29) is 18.0 Å². The van der Waals surface area contributed by atoms with Gasteiger partial charge in [0.25, 0.3) is 11.5 Å². The Labute approximate surface area is 280 Å². The molecule has 0 saturated heterocycles. The molecule has 5 N–H and O–H groups in total. The number of H-pyrrole nitrogens is 1. The number of aliphatic hydroxyl groups is 1. The van der Waals surface area contributed by atoms with E-state index >= 15 is 0 Å². The van der Waals surface area contributed by atoms with Gasteiger partial charge in [0, 0.05) is 49.0 Å². The Balaban J connectivity index is 1.03. The van der Waals surface area contributed by atoms with Crippen LogP contribution in [-0.4, -0.2) is 59.9 Å². The third-order valence-corrected chi connectivity index (χ3v) is 8.58. The SMILES string of the molecule is C=CCn1c(=O)c2cnc(NCCNCc3ccc(-c4[nH]c5cc(F)cc6c5c4CCNC6=O)cc3)nc2n1-c1cccc(C(C)(C)O)n1. The summed E-state index contributed by atoms with van der Waals surface area (Å²) in [4.78, 5) is 42.8. The van der Waals surface area contributed by atoms with Crippen LogP contribution in [0.2, 0.25) is 0 Å². The molecule has 250 valence electrons. The fourth-order valence-corrected chi connectivity index (χ4v) is 6.24. The Morgan fingerprint density at radius 2 is 1.92 bits per heavy atom. The zero-order valence-electron chi connectivity index (χ0n) is 27.2. The number of aromatic amines is 1. The lowest BCUT2D eigenvalue weighted by Gasteiger charge is -2.18. The van der Waals surface area contributed by atoms with Crippen molar-refractivity contribution in [1.82, 2.24) is 39.9 Å². The summed E-state index contributed by atoms with van der Waals surface area (Å²) in [6, 6.07) is 16.1. The third kappa shape index (κ3) is 6.09. The predicted octanol–water partition coefficient (Wildman–Crippen LogP) is 4.17. The van der Waals surface area contributed by atoms with Crippen molar-refractivity contribution in [3.63, 3.8) is 0 Å². The first-order valence-electron chi connectivity index (χ1n) is 16.1. The van der Waals surface area contributed by atoms with Gasteiger partial charge in [0.2, 0.25) is 5.95 Å². The van der Waals surface area contributed by atoms with Gasteiger partial charge in [-0.2, -0.15) is 4.98 Å². The highest BCUT2D eigenvalue weighted by atomic mass is 19.1. The molecule has 0 unspecified atom stereocenters.